The molecule has 1 aliphatic heterocycles. The van der Waals surface area contributed by atoms with Crippen LogP contribution < -0.4 is 15.7 Å². The smallest absolute Gasteiger partial charge is 0.262 e. The van der Waals surface area contributed by atoms with Gasteiger partial charge in [0.1, 0.15) is 0 Å². The van der Waals surface area contributed by atoms with Crippen molar-refractivity contribution in [1.82, 2.24) is 10.8 Å². The van der Waals surface area contributed by atoms with Crippen LogP contribution in [0.25, 0.3) is 0 Å². The Kier molecular flexibility index (Phi) is 6.17. The number of carbonyl (C=O) groups excluding carboxylic acids is 3. The van der Waals surface area contributed by atoms with Gasteiger partial charge in [0.05, 0.1) is 13.2 Å². The van der Waals surface area contributed by atoms with E-state index in [4.69, 9.17) is 4.84 Å². The number of anilines is 1. The van der Waals surface area contributed by atoms with E-state index in [1.165, 1.54) is 0 Å². The molecule has 0 saturated carbocycles. The van der Waals surface area contributed by atoms with Gasteiger partial charge in [-0.15, -0.1) is 0 Å². The first-order valence-electron chi connectivity index (χ1n) is 8.76. The maximum absolute atomic E-state index is 12.1. The Hall–Kier alpha value is -3.19. The van der Waals surface area contributed by atoms with E-state index in [0.717, 1.165) is 17.7 Å². The van der Waals surface area contributed by atoms with E-state index in [9.17, 15) is 14.4 Å². The van der Waals surface area contributed by atoms with Gasteiger partial charge in [0.25, 0.3) is 11.8 Å². The Labute approximate surface area is 157 Å². The van der Waals surface area contributed by atoms with Crippen LogP contribution in [0.4, 0.5) is 5.69 Å². The van der Waals surface area contributed by atoms with Crippen molar-refractivity contribution in [2.75, 3.05) is 18.0 Å². The van der Waals surface area contributed by atoms with Crippen LogP contribution in [0, 0.1) is 0 Å². The minimum atomic E-state index is -0.446. The highest BCUT2D eigenvalue weighted by molar-refractivity contribution is 5.98. The fourth-order valence-corrected chi connectivity index (χ4v) is 2.79. The van der Waals surface area contributed by atoms with E-state index in [1.54, 1.807) is 29.2 Å². The van der Waals surface area contributed by atoms with Crippen molar-refractivity contribution >= 4 is 23.4 Å². The molecule has 1 saturated heterocycles. The number of hydroxylamine groups is 1. The minimum Gasteiger partial charge on any atom is -0.343 e. The summed E-state index contributed by atoms with van der Waals surface area (Å²) < 4.78 is 0. The van der Waals surface area contributed by atoms with Gasteiger partial charge < -0.3 is 10.2 Å². The van der Waals surface area contributed by atoms with Crippen LogP contribution in [0.2, 0.25) is 0 Å². The van der Waals surface area contributed by atoms with E-state index in [0.29, 0.717) is 18.5 Å². The summed E-state index contributed by atoms with van der Waals surface area (Å²) >= 11 is 0. The van der Waals surface area contributed by atoms with Gasteiger partial charge in [0, 0.05) is 24.2 Å². The molecule has 0 aliphatic carbocycles. The summed E-state index contributed by atoms with van der Waals surface area (Å²) in [6, 6.07) is 16.2. The predicted molar refractivity (Wildman–Crippen MR) is 99.7 cm³/mol. The first kappa shape index (κ1) is 18.6. The Morgan fingerprint density at radius 3 is 2.44 bits per heavy atom. The topological polar surface area (TPSA) is 87.7 Å². The molecule has 140 valence electrons. The molecule has 0 radical (unpaired) electrons. The van der Waals surface area contributed by atoms with Crippen LogP contribution >= 0.6 is 0 Å². The zero-order valence-corrected chi connectivity index (χ0v) is 14.8. The monoisotopic (exact) mass is 367 g/mol. The van der Waals surface area contributed by atoms with Crippen molar-refractivity contribution in [3.63, 3.8) is 0 Å². The quantitative estimate of drug-likeness (QED) is 0.731. The third-order valence-electron chi connectivity index (χ3n) is 4.19. The van der Waals surface area contributed by atoms with E-state index < -0.39 is 5.91 Å². The molecule has 7 nitrogen and oxygen atoms in total. The number of benzene rings is 2. The number of amides is 3. The summed E-state index contributed by atoms with van der Waals surface area (Å²) in [5, 5.41) is 2.53. The van der Waals surface area contributed by atoms with Gasteiger partial charge in [-0.25, -0.2) is 5.48 Å². The van der Waals surface area contributed by atoms with Crippen molar-refractivity contribution in [3.05, 3.63) is 65.7 Å². The second-order valence-corrected chi connectivity index (χ2v) is 6.18. The summed E-state index contributed by atoms with van der Waals surface area (Å²) in [4.78, 5) is 42.4. The van der Waals surface area contributed by atoms with Crippen LogP contribution in [0.5, 0.6) is 0 Å². The van der Waals surface area contributed by atoms with E-state index in [1.807, 2.05) is 30.3 Å². The standard InChI is InChI=1S/C20H21N3O4/c24-18(22-27-14-15-5-2-1-3-6-15)13-21-20(26)16-8-10-17(11-9-16)23-12-4-7-19(23)25/h1-3,5-6,8-11H,4,7,12-14H2,(H,21,26)(H,22,24). The fraction of sp³-hybridized carbons (Fsp3) is 0.250. The maximum atomic E-state index is 12.1. The Morgan fingerprint density at radius 1 is 1.04 bits per heavy atom. The normalized spacial score (nSPS) is 13.5. The molecule has 1 heterocycles. The summed E-state index contributed by atoms with van der Waals surface area (Å²) in [6.07, 6.45) is 1.41. The third-order valence-corrected chi connectivity index (χ3v) is 4.19. The summed E-state index contributed by atoms with van der Waals surface area (Å²) in [7, 11) is 0. The van der Waals surface area contributed by atoms with Crippen molar-refractivity contribution in [2.45, 2.75) is 19.4 Å². The molecule has 0 spiro atoms. The van der Waals surface area contributed by atoms with E-state index in [2.05, 4.69) is 10.8 Å². The van der Waals surface area contributed by atoms with Gasteiger partial charge in [0.15, 0.2) is 0 Å². The van der Waals surface area contributed by atoms with E-state index >= 15 is 0 Å². The molecule has 2 N–H and O–H groups in total. The molecule has 3 rings (SSSR count). The minimum absolute atomic E-state index is 0.0966. The molecule has 0 atom stereocenters. The Bertz CT molecular complexity index is 806. The number of rotatable bonds is 7. The second-order valence-electron chi connectivity index (χ2n) is 6.18. The highest BCUT2D eigenvalue weighted by Crippen LogP contribution is 2.21. The highest BCUT2D eigenvalue weighted by atomic mass is 16.6. The lowest BCUT2D eigenvalue weighted by Crippen LogP contribution is -2.36. The lowest BCUT2D eigenvalue weighted by molar-refractivity contribution is -0.133. The molecular weight excluding hydrogens is 346 g/mol. The second kappa shape index (κ2) is 8.95. The summed E-state index contributed by atoms with van der Waals surface area (Å²) in [6.45, 7) is 0.755. The van der Waals surface area contributed by atoms with Gasteiger partial charge in [-0.05, 0) is 36.2 Å². The predicted octanol–water partition coefficient (Wildman–Crippen LogP) is 1.79. The molecule has 2 aromatic rings. The van der Waals surface area contributed by atoms with Crippen molar-refractivity contribution in [2.24, 2.45) is 0 Å². The largest absolute Gasteiger partial charge is 0.343 e. The number of carbonyl (C=O) groups is 3. The van der Waals surface area contributed by atoms with Crippen molar-refractivity contribution < 1.29 is 19.2 Å². The molecule has 0 bridgehead atoms. The fourth-order valence-electron chi connectivity index (χ4n) is 2.79. The van der Waals surface area contributed by atoms with Gasteiger partial charge >= 0.3 is 0 Å². The number of nitrogens with zero attached hydrogens (tertiary/aromatic N) is 1. The molecular formula is C20H21N3O4. The molecule has 7 heteroatoms. The van der Waals surface area contributed by atoms with Gasteiger partial charge in [-0.2, -0.15) is 0 Å². The molecule has 0 aromatic heterocycles. The average Bonchev–Trinajstić information content (AvgIpc) is 3.13. The number of hydrogen-bond acceptors (Lipinski definition) is 4. The van der Waals surface area contributed by atoms with E-state index in [-0.39, 0.29) is 25.0 Å². The Morgan fingerprint density at radius 2 is 1.78 bits per heavy atom. The third kappa shape index (κ3) is 5.15. The molecule has 0 unspecified atom stereocenters. The van der Waals surface area contributed by atoms with Crippen LogP contribution in [-0.4, -0.2) is 30.8 Å². The zero-order valence-electron chi connectivity index (χ0n) is 14.8. The van der Waals surface area contributed by atoms with Crippen LogP contribution in [0.3, 0.4) is 0 Å². The molecule has 3 amide bonds. The van der Waals surface area contributed by atoms with Gasteiger partial charge in [-0.1, -0.05) is 30.3 Å². The van der Waals surface area contributed by atoms with Gasteiger partial charge in [-0.3, -0.25) is 19.2 Å². The van der Waals surface area contributed by atoms with Crippen molar-refractivity contribution in [3.8, 4) is 0 Å². The Balaban J connectivity index is 1.42. The zero-order chi connectivity index (χ0) is 19.1. The molecule has 2 aromatic carbocycles. The summed E-state index contributed by atoms with van der Waals surface area (Å²) in [5.41, 5.74) is 4.42. The van der Waals surface area contributed by atoms with Crippen LogP contribution in [0.15, 0.2) is 54.6 Å². The average molecular weight is 367 g/mol. The lowest BCUT2D eigenvalue weighted by atomic mass is 10.2. The summed E-state index contributed by atoms with van der Waals surface area (Å²) in [5.74, 6) is -0.717. The SMILES string of the molecule is O=C(CNC(=O)c1ccc(N2CCCC2=O)cc1)NOCc1ccccc1. The first-order chi connectivity index (χ1) is 13.1. The lowest BCUT2D eigenvalue weighted by Gasteiger charge is -2.15. The van der Waals surface area contributed by atoms with Gasteiger partial charge in [0.2, 0.25) is 5.91 Å². The highest BCUT2D eigenvalue weighted by Gasteiger charge is 2.21. The van der Waals surface area contributed by atoms with Crippen LogP contribution in [0.1, 0.15) is 28.8 Å². The maximum Gasteiger partial charge on any atom is 0.262 e. The molecule has 1 aliphatic rings. The first-order valence-corrected chi connectivity index (χ1v) is 8.76. The molecule has 27 heavy (non-hydrogen) atoms. The molecule has 1 fully saturated rings. The van der Waals surface area contributed by atoms with Crippen LogP contribution in [-0.2, 0) is 21.0 Å². The van der Waals surface area contributed by atoms with Crippen molar-refractivity contribution in [1.29, 1.82) is 0 Å². The number of nitrogens with one attached hydrogen (secondary N) is 2. The number of hydrogen-bond donors (Lipinski definition) is 2.